The van der Waals surface area contributed by atoms with Crippen molar-refractivity contribution in [1.82, 2.24) is 5.32 Å². The number of hydrogen-bond acceptors (Lipinski definition) is 5. The number of nitro groups is 1. The number of carbonyl (C=O) groups is 1. The zero-order valence-electron chi connectivity index (χ0n) is 11.5. The summed E-state index contributed by atoms with van der Waals surface area (Å²) >= 11 is 1.64. The number of rotatable bonds is 5. The van der Waals surface area contributed by atoms with Crippen LogP contribution in [0.5, 0.6) is 0 Å². The predicted molar refractivity (Wildman–Crippen MR) is 79.5 cm³/mol. The Labute approximate surface area is 125 Å². The van der Waals surface area contributed by atoms with E-state index in [1.54, 1.807) is 11.8 Å². The summed E-state index contributed by atoms with van der Waals surface area (Å²) in [6.45, 7) is 1.84. The Morgan fingerprint density at radius 3 is 2.48 bits per heavy atom. The van der Waals surface area contributed by atoms with Crippen LogP contribution in [0.1, 0.15) is 29.1 Å². The number of furan rings is 1. The van der Waals surface area contributed by atoms with Crippen molar-refractivity contribution < 1.29 is 14.1 Å². The van der Waals surface area contributed by atoms with Crippen LogP contribution in [0.25, 0.3) is 0 Å². The van der Waals surface area contributed by atoms with Gasteiger partial charge in [0, 0.05) is 4.90 Å². The molecule has 1 amide bonds. The third-order valence-electron chi connectivity index (χ3n) is 2.96. The van der Waals surface area contributed by atoms with E-state index in [1.165, 1.54) is 6.07 Å². The van der Waals surface area contributed by atoms with Gasteiger partial charge in [-0.3, -0.25) is 14.9 Å². The Morgan fingerprint density at radius 2 is 1.95 bits per heavy atom. The lowest BCUT2D eigenvalue weighted by atomic mass is 10.1. The molecule has 0 aliphatic carbocycles. The highest BCUT2D eigenvalue weighted by atomic mass is 32.2. The number of thioether (sulfide) groups is 1. The van der Waals surface area contributed by atoms with Gasteiger partial charge in [-0.2, -0.15) is 0 Å². The molecule has 1 aromatic carbocycles. The quantitative estimate of drug-likeness (QED) is 0.520. The lowest BCUT2D eigenvalue weighted by Gasteiger charge is -2.13. The minimum Gasteiger partial charge on any atom is -0.395 e. The van der Waals surface area contributed by atoms with E-state index in [0.29, 0.717) is 0 Å². The van der Waals surface area contributed by atoms with Crippen LogP contribution < -0.4 is 5.32 Å². The number of nitrogens with zero attached hydrogens (tertiary/aromatic N) is 1. The molecule has 2 aromatic rings. The topological polar surface area (TPSA) is 85.4 Å². The second kappa shape index (κ2) is 6.45. The number of nitrogens with one attached hydrogen (secondary N) is 1. The van der Waals surface area contributed by atoms with E-state index in [2.05, 4.69) is 5.32 Å². The molecule has 0 bridgehead atoms. The highest BCUT2D eigenvalue weighted by Gasteiger charge is 2.19. The van der Waals surface area contributed by atoms with E-state index in [-0.39, 0.29) is 11.8 Å². The summed E-state index contributed by atoms with van der Waals surface area (Å²) in [6.07, 6.45) is 1.99. The summed E-state index contributed by atoms with van der Waals surface area (Å²) in [5, 5.41) is 13.3. The smallest absolute Gasteiger partial charge is 0.395 e. The van der Waals surface area contributed by atoms with Gasteiger partial charge in [-0.25, -0.2) is 0 Å². The minimum absolute atomic E-state index is 0.0747. The van der Waals surface area contributed by atoms with Gasteiger partial charge in [0.2, 0.25) is 0 Å². The van der Waals surface area contributed by atoms with Gasteiger partial charge in [-0.15, -0.1) is 11.8 Å². The highest BCUT2D eigenvalue weighted by Crippen LogP contribution is 2.20. The van der Waals surface area contributed by atoms with Crippen LogP contribution in [0.4, 0.5) is 5.88 Å². The van der Waals surface area contributed by atoms with E-state index in [0.717, 1.165) is 16.5 Å². The van der Waals surface area contributed by atoms with Crippen molar-refractivity contribution >= 4 is 23.6 Å². The van der Waals surface area contributed by atoms with Gasteiger partial charge in [0.15, 0.2) is 5.76 Å². The second-order valence-corrected chi connectivity index (χ2v) is 5.24. The highest BCUT2D eigenvalue weighted by molar-refractivity contribution is 7.98. The van der Waals surface area contributed by atoms with Crippen LogP contribution in [0, 0.1) is 10.1 Å². The molecule has 6 nitrogen and oxygen atoms in total. The molecule has 0 saturated heterocycles. The Hall–Kier alpha value is -2.28. The summed E-state index contributed by atoms with van der Waals surface area (Å²) in [4.78, 5) is 22.9. The van der Waals surface area contributed by atoms with Crippen molar-refractivity contribution in [3.8, 4) is 0 Å². The molecule has 0 unspecified atom stereocenters. The molecule has 0 spiro atoms. The van der Waals surface area contributed by atoms with Crippen LogP contribution in [-0.2, 0) is 0 Å². The Bertz CT molecular complexity index is 651. The number of hydrogen-bond donors (Lipinski definition) is 1. The Balaban J connectivity index is 2.05. The maximum atomic E-state index is 12.0. The minimum atomic E-state index is -0.679. The molecule has 1 atom stereocenters. The maximum Gasteiger partial charge on any atom is 0.433 e. The van der Waals surface area contributed by atoms with Gasteiger partial charge in [-0.05, 0) is 36.9 Å². The van der Waals surface area contributed by atoms with Crippen molar-refractivity contribution in [2.75, 3.05) is 6.26 Å². The lowest BCUT2D eigenvalue weighted by Crippen LogP contribution is -2.26. The van der Waals surface area contributed by atoms with Crippen LogP contribution in [0.2, 0.25) is 0 Å². The van der Waals surface area contributed by atoms with Gasteiger partial charge in [0.1, 0.15) is 4.92 Å². The molecule has 1 aromatic heterocycles. The molecule has 1 heterocycles. The van der Waals surface area contributed by atoms with Crippen molar-refractivity contribution in [2.45, 2.75) is 17.9 Å². The predicted octanol–water partition coefficient (Wildman–Crippen LogP) is 3.40. The normalized spacial score (nSPS) is 11.9. The summed E-state index contributed by atoms with van der Waals surface area (Å²) in [7, 11) is 0. The number of benzene rings is 1. The summed E-state index contributed by atoms with van der Waals surface area (Å²) < 4.78 is 4.87. The van der Waals surface area contributed by atoms with Gasteiger partial charge < -0.3 is 9.73 Å². The Morgan fingerprint density at radius 1 is 1.29 bits per heavy atom. The fraction of sp³-hybridized carbons (Fsp3) is 0.214. The first-order valence-corrected chi connectivity index (χ1v) is 7.42. The molecule has 0 aliphatic heterocycles. The van der Waals surface area contributed by atoms with Crippen LogP contribution in [0.15, 0.2) is 45.7 Å². The average molecular weight is 306 g/mol. The van der Waals surface area contributed by atoms with Crippen molar-refractivity contribution in [3.05, 3.63) is 57.8 Å². The van der Waals surface area contributed by atoms with E-state index >= 15 is 0 Å². The van der Waals surface area contributed by atoms with Crippen LogP contribution in [-0.4, -0.2) is 17.1 Å². The molecule has 2 rings (SSSR count). The zero-order chi connectivity index (χ0) is 15.4. The zero-order valence-corrected chi connectivity index (χ0v) is 12.3. The number of carbonyl (C=O) groups excluding carboxylic acids is 1. The first kappa shape index (κ1) is 15.1. The third-order valence-corrected chi connectivity index (χ3v) is 3.70. The lowest BCUT2D eigenvalue weighted by molar-refractivity contribution is -0.402. The molecule has 7 heteroatoms. The summed E-state index contributed by atoms with van der Waals surface area (Å²) in [6, 6.07) is 10.0. The SMILES string of the molecule is CSc1ccc([C@@H](C)NC(=O)c2ccc([N+](=O)[O-])o2)cc1. The second-order valence-electron chi connectivity index (χ2n) is 4.36. The van der Waals surface area contributed by atoms with Crippen LogP contribution in [0.3, 0.4) is 0 Å². The van der Waals surface area contributed by atoms with Gasteiger partial charge in [0.05, 0.1) is 12.1 Å². The molecule has 0 saturated carbocycles. The summed E-state index contributed by atoms with van der Waals surface area (Å²) in [5.41, 5.74) is 0.946. The molecule has 110 valence electrons. The number of amides is 1. The first-order valence-electron chi connectivity index (χ1n) is 6.20. The fourth-order valence-corrected chi connectivity index (χ4v) is 2.20. The third kappa shape index (κ3) is 3.63. The maximum absolute atomic E-state index is 12.0. The largest absolute Gasteiger partial charge is 0.433 e. The molecule has 0 fully saturated rings. The average Bonchev–Trinajstić information content (AvgIpc) is 2.97. The Kier molecular flexibility index (Phi) is 4.64. The van der Waals surface area contributed by atoms with E-state index in [9.17, 15) is 14.9 Å². The van der Waals surface area contributed by atoms with E-state index in [1.807, 2.05) is 37.4 Å². The van der Waals surface area contributed by atoms with Crippen molar-refractivity contribution in [2.24, 2.45) is 0 Å². The standard InChI is InChI=1S/C14H14N2O4S/c1-9(10-3-5-11(21-2)6-4-10)15-14(17)12-7-8-13(20-12)16(18)19/h3-9H,1-2H3,(H,15,17)/t9-/m1/s1. The first-order chi connectivity index (χ1) is 10.0. The van der Waals surface area contributed by atoms with E-state index in [4.69, 9.17) is 4.42 Å². The van der Waals surface area contributed by atoms with Gasteiger partial charge in [-0.1, -0.05) is 12.1 Å². The molecular weight excluding hydrogens is 292 g/mol. The van der Waals surface area contributed by atoms with E-state index < -0.39 is 16.7 Å². The fourth-order valence-electron chi connectivity index (χ4n) is 1.79. The van der Waals surface area contributed by atoms with Gasteiger partial charge >= 0.3 is 5.88 Å². The monoisotopic (exact) mass is 306 g/mol. The summed E-state index contributed by atoms with van der Waals surface area (Å²) in [5.74, 6) is -1.00. The van der Waals surface area contributed by atoms with Crippen LogP contribution >= 0.6 is 11.8 Å². The molecule has 0 radical (unpaired) electrons. The van der Waals surface area contributed by atoms with Crippen molar-refractivity contribution in [1.29, 1.82) is 0 Å². The molecule has 1 N–H and O–H groups in total. The van der Waals surface area contributed by atoms with Gasteiger partial charge in [0.25, 0.3) is 5.91 Å². The molecule has 0 aliphatic rings. The molecular formula is C14H14N2O4S. The molecule has 21 heavy (non-hydrogen) atoms. The van der Waals surface area contributed by atoms with Crippen molar-refractivity contribution in [3.63, 3.8) is 0 Å².